The van der Waals surface area contributed by atoms with Gasteiger partial charge < -0.3 is 10.4 Å². The second kappa shape index (κ2) is 6.30. The number of carbonyl (C=O) groups excluding carboxylic acids is 1. The standard InChI is InChI=1S/C13H7Cl3N2O3/c14-6-1-2-7(13(20)21)10(3-6)18-12(19)8-4-11(16)17-5-9(8)15/h1-5H,(H,18,19)(H,20,21). The molecule has 8 heteroatoms. The molecule has 0 saturated carbocycles. The third-order valence-electron chi connectivity index (χ3n) is 2.53. The minimum Gasteiger partial charge on any atom is -0.478 e. The van der Waals surface area contributed by atoms with Crippen LogP contribution < -0.4 is 5.32 Å². The molecule has 0 saturated heterocycles. The lowest BCUT2D eigenvalue weighted by atomic mass is 10.1. The number of benzene rings is 1. The first kappa shape index (κ1) is 15.6. The lowest BCUT2D eigenvalue weighted by molar-refractivity contribution is 0.0698. The number of hydrogen-bond acceptors (Lipinski definition) is 3. The van der Waals surface area contributed by atoms with Gasteiger partial charge in [-0.1, -0.05) is 34.8 Å². The highest BCUT2D eigenvalue weighted by Gasteiger charge is 2.16. The molecule has 108 valence electrons. The number of carboxylic acid groups (broad SMARTS) is 1. The Balaban J connectivity index is 2.38. The monoisotopic (exact) mass is 344 g/mol. The number of pyridine rings is 1. The number of halogens is 3. The van der Waals surface area contributed by atoms with E-state index in [1.807, 2.05) is 0 Å². The molecule has 2 aromatic rings. The maximum Gasteiger partial charge on any atom is 0.337 e. The Labute approximate surface area is 134 Å². The van der Waals surface area contributed by atoms with Crippen LogP contribution in [0.5, 0.6) is 0 Å². The molecule has 2 N–H and O–H groups in total. The Bertz CT molecular complexity index is 735. The Kier molecular flexibility index (Phi) is 4.67. The van der Waals surface area contributed by atoms with Crippen molar-refractivity contribution in [2.45, 2.75) is 0 Å². The number of carbonyl (C=O) groups is 2. The minimum atomic E-state index is -1.19. The number of anilines is 1. The molecule has 0 atom stereocenters. The largest absolute Gasteiger partial charge is 0.478 e. The maximum absolute atomic E-state index is 12.2. The summed E-state index contributed by atoms with van der Waals surface area (Å²) in [5.41, 5.74) is 0.0426. The molecule has 21 heavy (non-hydrogen) atoms. The minimum absolute atomic E-state index is 0.0593. The molecule has 0 aliphatic heterocycles. The summed E-state index contributed by atoms with van der Waals surface area (Å²) in [6.45, 7) is 0. The van der Waals surface area contributed by atoms with Crippen LogP contribution in [0.15, 0.2) is 30.5 Å². The van der Waals surface area contributed by atoms with E-state index in [4.69, 9.17) is 39.9 Å². The van der Waals surface area contributed by atoms with Crippen LogP contribution in [0.1, 0.15) is 20.7 Å². The fraction of sp³-hybridized carbons (Fsp3) is 0. The first-order valence-corrected chi connectivity index (χ1v) is 6.67. The lowest BCUT2D eigenvalue weighted by Crippen LogP contribution is -2.15. The summed E-state index contributed by atoms with van der Waals surface area (Å²) in [6, 6.07) is 5.32. The summed E-state index contributed by atoms with van der Waals surface area (Å²) in [4.78, 5) is 27.0. The van der Waals surface area contributed by atoms with E-state index >= 15 is 0 Å². The third kappa shape index (κ3) is 3.64. The van der Waals surface area contributed by atoms with Gasteiger partial charge in [-0.25, -0.2) is 9.78 Å². The van der Waals surface area contributed by atoms with E-state index in [0.29, 0.717) is 0 Å². The molecule has 5 nitrogen and oxygen atoms in total. The number of nitrogens with zero attached hydrogens (tertiary/aromatic N) is 1. The molecule has 0 fully saturated rings. The van der Waals surface area contributed by atoms with Gasteiger partial charge in [-0.05, 0) is 24.3 Å². The fourth-order valence-electron chi connectivity index (χ4n) is 1.58. The molecule has 1 amide bonds. The van der Waals surface area contributed by atoms with Crippen LogP contribution in [0.3, 0.4) is 0 Å². The van der Waals surface area contributed by atoms with Gasteiger partial charge in [0.1, 0.15) is 5.15 Å². The first-order chi connectivity index (χ1) is 9.88. The molecule has 2 rings (SSSR count). The average Bonchev–Trinajstić information content (AvgIpc) is 2.41. The number of rotatable bonds is 3. The summed E-state index contributed by atoms with van der Waals surface area (Å²) in [5, 5.41) is 12.0. The van der Waals surface area contributed by atoms with E-state index in [9.17, 15) is 9.59 Å². The topological polar surface area (TPSA) is 79.3 Å². The van der Waals surface area contributed by atoms with Crippen molar-refractivity contribution in [2.75, 3.05) is 5.32 Å². The van der Waals surface area contributed by atoms with Gasteiger partial charge in [-0.15, -0.1) is 0 Å². The second-order valence-corrected chi connectivity index (χ2v) is 5.17. The maximum atomic E-state index is 12.2. The summed E-state index contributed by atoms with van der Waals surface area (Å²) >= 11 is 17.4. The number of aromatic carboxylic acids is 1. The van der Waals surface area contributed by atoms with Crippen LogP contribution in [-0.2, 0) is 0 Å². The summed E-state index contributed by atoms with van der Waals surface area (Å²) in [5.74, 6) is -1.81. The van der Waals surface area contributed by atoms with Gasteiger partial charge in [0.15, 0.2) is 0 Å². The van der Waals surface area contributed by atoms with Crippen molar-refractivity contribution in [1.82, 2.24) is 4.98 Å². The number of amides is 1. The Hall–Kier alpha value is -1.82. The summed E-state index contributed by atoms with van der Waals surface area (Å²) in [6.07, 6.45) is 1.23. The van der Waals surface area contributed by atoms with E-state index in [1.54, 1.807) is 0 Å². The molecular formula is C13H7Cl3N2O3. The van der Waals surface area contributed by atoms with Crippen LogP contribution in [0.4, 0.5) is 5.69 Å². The highest BCUT2D eigenvalue weighted by molar-refractivity contribution is 6.36. The number of nitrogens with one attached hydrogen (secondary N) is 1. The van der Waals surface area contributed by atoms with E-state index in [0.717, 1.165) is 0 Å². The van der Waals surface area contributed by atoms with Gasteiger partial charge >= 0.3 is 5.97 Å². The van der Waals surface area contributed by atoms with Crippen molar-refractivity contribution >= 4 is 52.4 Å². The second-order valence-electron chi connectivity index (χ2n) is 3.94. The highest BCUT2D eigenvalue weighted by atomic mass is 35.5. The molecule has 0 aliphatic rings. The van der Waals surface area contributed by atoms with Gasteiger partial charge in [-0.2, -0.15) is 0 Å². The highest BCUT2D eigenvalue weighted by Crippen LogP contribution is 2.24. The van der Waals surface area contributed by atoms with Gasteiger partial charge in [0.25, 0.3) is 5.91 Å². The number of hydrogen-bond donors (Lipinski definition) is 2. The van der Waals surface area contributed by atoms with Crippen LogP contribution in [0.25, 0.3) is 0 Å². The molecule has 0 bridgehead atoms. The Morgan fingerprint density at radius 2 is 1.81 bits per heavy atom. The molecule has 0 spiro atoms. The van der Waals surface area contributed by atoms with Crippen molar-refractivity contribution < 1.29 is 14.7 Å². The molecule has 1 heterocycles. The van der Waals surface area contributed by atoms with Gasteiger partial charge in [-0.3, -0.25) is 4.79 Å². The first-order valence-electron chi connectivity index (χ1n) is 5.53. The zero-order valence-corrected chi connectivity index (χ0v) is 12.5. The zero-order valence-electron chi connectivity index (χ0n) is 10.2. The quantitative estimate of drug-likeness (QED) is 0.824. The van der Waals surface area contributed by atoms with E-state index in [-0.39, 0.29) is 32.0 Å². The van der Waals surface area contributed by atoms with Crippen LogP contribution >= 0.6 is 34.8 Å². The zero-order chi connectivity index (χ0) is 15.6. The number of aromatic nitrogens is 1. The predicted molar refractivity (Wildman–Crippen MR) is 80.6 cm³/mol. The van der Waals surface area contributed by atoms with Crippen molar-refractivity contribution in [3.05, 3.63) is 56.8 Å². The predicted octanol–water partition coefficient (Wildman–Crippen LogP) is 3.99. The summed E-state index contributed by atoms with van der Waals surface area (Å²) in [7, 11) is 0. The molecule has 0 unspecified atom stereocenters. The van der Waals surface area contributed by atoms with Crippen molar-refractivity contribution in [3.8, 4) is 0 Å². The molecular weight excluding hydrogens is 339 g/mol. The van der Waals surface area contributed by atoms with Crippen molar-refractivity contribution in [3.63, 3.8) is 0 Å². The van der Waals surface area contributed by atoms with Crippen LogP contribution in [-0.4, -0.2) is 22.0 Å². The normalized spacial score (nSPS) is 10.2. The summed E-state index contributed by atoms with van der Waals surface area (Å²) < 4.78 is 0. The molecule has 0 radical (unpaired) electrons. The lowest BCUT2D eigenvalue weighted by Gasteiger charge is -2.10. The third-order valence-corrected chi connectivity index (χ3v) is 3.27. The Morgan fingerprint density at radius 3 is 2.48 bits per heavy atom. The van der Waals surface area contributed by atoms with Crippen molar-refractivity contribution in [1.29, 1.82) is 0 Å². The van der Waals surface area contributed by atoms with Gasteiger partial charge in [0.05, 0.1) is 21.8 Å². The van der Waals surface area contributed by atoms with Gasteiger partial charge in [0.2, 0.25) is 0 Å². The average molecular weight is 346 g/mol. The molecule has 1 aromatic heterocycles. The van der Waals surface area contributed by atoms with E-state index in [2.05, 4.69) is 10.3 Å². The van der Waals surface area contributed by atoms with Crippen LogP contribution in [0.2, 0.25) is 15.2 Å². The van der Waals surface area contributed by atoms with Crippen molar-refractivity contribution in [2.24, 2.45) is 0 Å². The van der Waals surface area contributed by atoms with E-state index < -0.39 is 11.9 Å². The SMILES string of the molecule is O=C(Nc1cc(Cl)ccc1C(=O)O)c1cc(Cl)ncc1Cl. The van der Waals surface area contributed by atoms with E-state index in [1.165, 1.54) is 30.5 Å². The number of carboxylic acids is 1. The van der Waals surface area contributed by atoms with Gasteiger partial charge in [0, 0.05) is 11.2 Å². The molecule has 1 aromatic carbocycles. The molecule has 0 aliphatic carbocycles. The van der Waals surface area contributed by atoms with Crippen LogP contribution in [0, 0.1) is 0 Å². The smallest absolute Gasteiger partial charge is 0.337 e. The Morgan fingerprint density at radius 1 is 1.10 bits per heavy atom. The fourth-order valence-corrected chi connectivity index (χ4v) is 2.10.